The zero-order valence-corrected chi connectivity index (χ0v) is 24.2. The molecule has 12 nitrogen and oxygen atoms in total. The van der Waals surface area contributed by atoms with Gasteiger partial charge in [-0.1, -0.05) is 77.9 Å². The monoisotopic (exact) mass is 621 g/mol. The Morgan fingerprint density at radius 3 is 1.28 bits per heavy atom. The van der Waals surface area contributed by atoms with Crippen molar-refractivity contribution < 1.29 is 42.9 Å². The second kappa shape index (κ2) is 15.2. The first-order valence-corrected chi connectivity index (χ1v) is 14.1. The molecule has 46 heavy (non-hydrogen) atoms. The molecule has 1 aliphatic heterocycles. The van der Waals surface area contributed by atoms with E-state index in [0.717, 1.165) is 0 Å². The average molecular weight is 622 g/mol. The third kappa shape index (κ3) is 7.75. The number of carbonyl (C=O) groups is 4. The number of hydrogen-bond donors (Lipinski definition) is 0. The summed E-state index contributed by atoms with van der Waals surface area (Å²) in [6, 6.07) is 31.8. The van der Waals surface area contributed by atoms with E-state index >= 15 is 0 Å². The van der Waals surface area contributed by atoms with Gasteiger partial charge in [0.2, 0.25) is 12.4 Å². The van der Waals surface area contributed by atoms with E-state index in [2.05, 4.69) is 10.0 Å². The Morgan fingerprint density at radius 1 is 0.543 bits per heavy atom. The number of ether oxygens (including phenoxy) is 5. The lowest BCUT2D eigenvalue weighted by atomic mass is 9.97. The lowest BCUT2D eigenvalue weighted by molar-refractivity contribution is -0.275. The van der Waals surface area contributed by atoms with Gasteiger partial charge < -0.3 is 23.7 Å². The number of esters is 4. The summed E-state index contributed by atoms with van der Waals surface area (Å²) in [7, 11) is 0. The highest BCUT2D eigenvalue weighted by atomic mass is 16.7. The van der Waals surface area contributed by atoms with Crippen LogP contribution < -0.4 is 0 Å². The van der Waals surface area contributed by atoms with Crippen molar-refractivity contribution in [1.29, 1.82) is 0 Å². The van der Waals surface area contributed by atoms with Crippen molar-refractivity contribution in [2.45, 2.75) is 30.7 Å². The van der Waals surface area contributed by atoms with Crippen LogP contribution in [0.3, 0.4) is 0 Å². The molecule has 12 heteroatoms. The van der Waals surface area contributed by atoms with E-state index < -0.39 is 61.1 Å². The molecule has 0 bridgehead atoms. The van der Waals surface area contributed by atoms with Gasteiger partial charge in [-0.15, -0.1) is 0 Å². The van der Waals surface area contributed by atoms with Crippen LogP contribution in [0, 0.1) is 0 Å². The number of azide groups is 1. The highest BCUT2D eigenvalue weighted by Crippen LogP contribution is 2.32. The van der Waals surface area contributed by atoms with Gasteiger partial charge in [-0.05, 0) is 54.1 Å². The minimum atomic E-state index is -1.69. The molecule has 5 rings (SSSR count). The van der Waals surface area contributed by atoms with E-state index in [0.29, 0.717) is 0 Å². The summed E-state index contributed by atoms with van der Waals surface area (Å²) in [6.07, 6.45) is -7.75. The van der Waals surface area contributed by atoms with Gasteiger partial charge in [-0.3, -0.25) is 0 Å². The normalized spacial score (nSPS) is 20.3. The Labute approximate surface area is 263 Å². The summed E-state index contributed by atoms with van der Waals surface area (Å²) in [5.74, 6) is -3.39. The van der Waals surface area contributed by atoms with Crippen molar-refractivity contribution in [2.75, 3.05) is 6.54 Å². The van der Waals surface area contributed by atoms with Crippen molar-refractivity contribution >= 4 is 23.9 Å². The van der Waals surface area contributed by atoms with E-state index in [9.17, 15) is 19.2 Å². The lowest BCUT2D eigenvalue weighted by Gasteiger charge is -2.43. The molecule has 0 radical (unpaired) electrons. The first-order valence-electron chi connectivity index (χ1n) is 14.1. The third-order valence-corrected chi connectivity index (χ3v) is 6.91. The molecule has 0 unspecified atom stereocenters. The maximum absolute atomic E-state index is 13.5. The fraction of sp³-hybridized carbons (Fsp3) is 0.176. The molecular weight excluding hydrogens is 594 g/mol. The predicted octanol–water partition coefficient (Wildman–Crippen LogP) is 5.56. The summed E-state index contributed by atoms with van der Waals surface area (Å²) in [4.78, 5) is 56.1. The number of hydrogen-bond acceptors (Lipinski definition) is 10. The molecular formula is C34H27N3O9. The van der Waals surface area contributed by atoms with Gasteiger partial charge in [0.15, 0.2) is 12.2 Å². The van der Waals surface area contributed by atoms with E-state index in [4.69, 9.17) is 29.2 Å². The van der Waals surface area contributed by atoms with Gasteiger partial charge in [0.1, 0.15) is 6.10 Å². The third-order valence-electron chi connectivity index (χ3n) is 6.91. The maximum atomic E-state index is 13.5. The molecule has 1 fully saturated rings. The van der Waals surface area contributed by atoms with Crippen LogP contribution in [0.2, 0.25) is 0 Å². The fourth-order valence-electron chi connectivity index (χ4n) is 4.68. The fourth-order valence-corrected chi connectivity index (χ4v) is 4.68. The number of rotatable bonds is 10. The summed E-state index contributed by atoms with van der Waals surface area (Å²) >= 11 is 0. The largest absolute Gasteiger partial charge is 0.452 e. The maximum Gasteiger partial charge on any atom is 0.340 e. The van der Waals surface area contributed by atoms with Gasteiger partial charge in [0.05, 0.1) is 28.8 Å². The van der Waals surface area contributed by atoms with Crippen LogP contribution in [-0.4, -0.2) is 61.1 Å². The van der Waals surface area contributed by atoms with Gasteiger partial charge in [-0.2, -0.15) is 0 Å². The molecule has 0 aliphatic carbocycles. The van der Waals surface area contributed by atoms with E-state index in [1.165, 1.54) is 48.5 Å². The SMILES string of the molecule is [N-]=[N+]=NC[C@H]1O[C@H](OC(=O)c2ccccc2)[C@H](OC(=O)c2ccccc2)[C@@H](OC(=O)c2ccccc2)[C@@H]1OC(=O)c1ccccc1. The Hall–Kier alpha value is -5.97. The van der Waals surface area contributed by atoms with Crippen molar-refractivity contribution in [3.63, 3.8) is 0 Å². The van der Waals surface area contributed by atoms with Crippen LogP contribution in [0.15, 0.2) is 126 Å². The minimum Gasteiger partial charge on any atom is -0.452 e. The molecule has 5 atom stereocenters. The van der Waals surface area contributed by atoms with E-state index in [1.807, 2.05) is 0 Å². The van der Waals surface area contributed by atoms with Crippen molar-refractivity contribution in [3.8, 4) is 0 Å². The second-order valence-electron chi connectivity index (χ2n) is 9.94. The van der Waals surface area contributed by atoms with Crippen LogP contribution in [0.1, 0.15) is 41.4 Å². The number of nitrogens with zero attached hydrogens (tertiary/aromatic N) is 3. The summed E-state index contributed by atoms with van der Waals surface area (Å²) in [5, 5.41) is 3.58. The Balaban J connectivity index is 1.57. The van der Waals surface area contributed by atoms with Gasteiger partial charge in [-0.25, -0.2) is 19.2 Å². The quantitative estimate of drug-likeness (QED) is 0.0725. The topological polar surface area (TPSA) is 163 Å². The van der Waals surface area contributed by atoms with Crippen molar-refractivity contribution in [3.05, 3.63) is 154 Å². The summed E-state index contributed by atoms with van der Waals surface area (Å²) in [5.41, 5.74) is 9.71. The smallest absolute Gasteiger partial charge is 0.340 e. The molecule has 232 valence electrons. The van der Waals surface area contributed by atoms with Crippen LogP contribution in [0.25, 0.3) is 10.4 Å². The van der Waals surface area contributed by atoms with Crippen LogP contribution in [0.5, 0.6) is 0 Å². The lowest BCUT2D eigenvalue weighted by Crippen LogP contribution is -2.63. The average Bonchev–Trinajstić information content (AvgIpc) is 3.11. The standard InChI is InChI=1S/C34H27N3O9/c35-37-36-21-26-27(43-30(38)22-13-5-1-6-14-22)28(44-31(39)23-15-7-2-8-16-23)29(45-32(40)24-17-9-3-10-18-24)34(42-26)46-33(41)25-19-11-4-12-20-25/h1-20,26-29,34H,21H2/t26-,27-,28+,29-,34-/m1/s1. The van der Waals surface area contributed by atoms with E-state index in [-0.39, 0.29) is 22.3 Å². The summed E-state index contributed by atoms with van der Waals surface area (Å²) in [6.45, 7) is -0.429. The minimum absolute atomic E-state index is 0.137. The summed E-state index contributed by atoms with van der Waals surface area (Å²) < 4.78 is 29.3. The molecule has 1 aliphatic rings. The number of benzene rings is 4. The zero-order chi connectivity index (χ0) is 32.3. The highest BCUT2D eigenvalue weighted by Gasteiger charge is 2.54. The van der Waals surface area contributed by atoms with E-state index in [1.54, 1.807) is 72.8 Å². The van der Waals surface area contributed by atoms with Gasteiger partial charge in [0, 0.05) is 4.91 Å². The molecule has 0 spiro atoms. The van der Waals surface area contributed by atoms with Crippen molar-refractivity contribution in [1.82, 2.24) is 0 Å². The number of carbonyl (C=O) groups excluding carboxylic acids is 4. The molecule has 4 aromatic rings. The first-order chi connectivity index (χ1) is 22.4. The molecule has 0 N–H and O–H groups in total. The molecule has 1 heterocycles. The Kier molecular flexibility index (Phi) is 10.4. The zero-order valence-electron chi connectivity index (χ0n) is 24.2. The van der Waals surface area contributed by atoms with Crippen LogP contribution >= 0.6 is 0 Å². The van der Waals surface area contributed by atoms with Crippen LogP contribution in [-0.2, 0) is 23.7 Å². The van der Waals surface area contributed by atoms with Gasteiger partial charge >= 0.3 is 23.9 Å². The second-order valence-corrected chi connectivity index (χ2v) is 9.94. The Morgan fingerprint density at radius 2 is 0.891 bits per heavy atom. The molecule has 4 aromatic carbocycles. The predicted molar refractivity (Wildman–Crippen MR) is 161 cm³/mol. The molecule has 0 saturated carbocycles. The Bertz CT molecular complexity index is 1700. The molecule has 0 amide bonds. The van der Waals surface area contributed by atoms with Gasteiger partial charge in [0.25, 0.3) is 0 Å². The molecule has 0 aromatic heterocycles. The van der Waals surface area contributed by atoms with Crippen LogP contribution in [0.4, 0.5) is 0 Å². The first kappa shape index (κ1) is 31.5. The highest BCUT2D eigenvalue weighted by molar-refractivity contribution is 5.92. The van der Waals surface area contributed by atoms with Crippen molar-refractivity contribution in [2.24, 2.45) is 5.11 Å². The molecule has 1 saturated heterocycles.